The lowest BCUT2D eigenvalue weighted by molar-refractivity contribution is -0.140. The van der Waals surface area contributed by atoms with Gasteiger partial charge in [0.2, 0.25) is 0 Å². The first-order valence-electron chi connectivity index (χ1n) is 9.97. The molecule has 28 heavy (non-hydrogen) atoms. The molecule has 0 N–H and O–H groups in total. The average Bonchev–Trinajstić information content (AvgIpc) is 3.02. The maximum Gasteiger partial charge on any atom is 0.335 e. The minimum absolute atomic E-state index is 0.213. The summed E-state index contributed by atoms with van der Waals surface area (Å²) >= 11 is 0. The topological polar surface area (TPSA) is 65.1 Å². The van der Waals surface area contributed by atoms with Crippen LogP contribution in [0.4, 0.5) is 0 Å². The molecule has 4 aliphatic carbocycles. The lowest BCUT2D eigenvalue weighted by Gasteiger charge is -2.29. The molecule has 1 aromatic rings. The van der Waals surface area contributed by atoms with E-state index in [0.717, 1.165) is 30.4 Å². The Balaban J connectivity index is 1.59. The van der Waals surface area contributed by atoms with Crippen molar-refractivity contribution in [3.8, 4) is 0 Å². The van der Waals surface area contributed by atoms with Crippen LogP contribution in [-0.2, 0) is 23.8 Å². The van der Waals surface area contributed by atoms with Crippen LogP contribution >= 0.6 is 0 Å². The molecule has 5 aliphatic rings. The van der Waals surface area contributed by atoms with E-state index in [-0.39, 0.29) is 23.0 Å². The van der Waals surface area contributed by atoms with Crippen molar-refractivity contribution < 1.29 is 23.8 Å². The zero-order valence-corrected chi connectivity index (χ0v) is 15.9. The first kappa shape index (κ1) is 16.5. The lowest BCUT2D eigenvalue weighted by Crippen LogP contribution is -2.42. The molecule has 4 bridgehead atoms. The van der Waals surface area contributed by atoms with Gasteiger partial charge in [-0.05, 0) is 42.2 Å². The number of carbonyl (C=O) groups is 2. The Morgan fingerprint density at radius 3 is 2.00 bits per heavy atom. The van der Waals surface area contributed by atoms with Crippen molar-refractivity contribution in [1.29, 1.82) is 0 Å². The Morgan fingerprint density at radius 2 is 1.50 bits per heavy atom. The second-order valence-electron chi connectivity index (χ2n) is 8.63. The van der Waals surface area contributed by atoms with Gasteiger partial charge in [-0.25, -0.2) is 9.59 Å². The lowest BCUT2D eigenvalue weighted by atomic mass is 9.69. The van der Waals surface area contributed by atoms with E-state index in [0.29, 0.717) is 23.0 Å². The van der Waals surface area contributed by atoms with E-state index >= 15 is 0 Å². The third-order valence-corrected chi connectivity index (χ3v) is 7.89. The summed E-state index contributed by atoms with van der Waals surface area (Å²) in [6.45, 7) is 0. The minimum atomic E-state index is -0.437. The molecular formula is C23H22O5. The third-order valence-electron chi connectivity index (χ3n) is 7.89. The quantitative estimate of drug-likeness (QED) is 0.598. The molecule has 0 aromatic heterocycles. The van der Waals surface area contributed by atoms with Gasteiger partial charge in [0, 0.05) is 11.8 Å². The van der Waals surface area contributed by atoms with Gasteiger partial charge in [-0.15, -0.1) is 0 Å². The molecule has 5 heteroatoms. The Hall–Kier alpha value is -2.40. The fourth-order valence-corrected chi connectivity index (χ4v) is 7.18. The van der Waals surface area contributed by atoms with Crippen LogP contribution in [0.15, 0.2) is 47.1 Å². The zero-order chi connectivity index (χ0) is 19.3. The summed E-state index contributed by atoms with van der Waals surface area (Å²) < 4.78 is 16.8. The molecule has 6 atom stereocenters. The summed E-state index contributed by atoms with van der Waals surface area (Å²) in [5.41, 5.74) is 2.45. The molecule has 3 saturated carbocycles. The monoisotopic (exact) mass is 378 g/mol. The van der Waals surface area contributed by atoms with Gasteiger partial charge in [0.05, 0.1) is 25.4 Å². The summed E-state index contributed by atoms with van der Waals surface area (Å²) in [6.07, 6.45) is 5.55. The van der Waals surface area contributed by atoms with E-state index < -0.39 is 11.9 Å². The van der Waals surface area contributed by atoms with Crippen LogP contribution in [0.2, 0.25) is 0 Å². The summed E-state index contributed by atoms with van der Waals surface area (Å²) in [4.78, 5) is 25.6. The molecule has 0 amide bonds. The summed E-state index contributed by atoms with van der Waals surface area (Å²) in [7, 11) is 2.74. The van der Waals surface area contributed by atoms with Gasteiger partial charge in [-0.1, -0.05) is 36.4 Å². The number of epoxide rings is 1. The van der Waals surface area contributed by atoms with Gasteiger partial charge in [0.25, 0.3) is 0 Å². The highest BCUT2D eigenvalue weighted by atomic mass is 16.6. The first-order valence-corrected chi connectivity index (χ1v) is 9.97. The minimum Gasteiger partial charge on any atom is -0.466 e. The van der Waals surface area contributed by atoms with E-state index in [4.69, 9.17) is 14.2 Å². The molecule has 1 aliphatic heterocycles. The number of ether oxygens (including phenoxy) is 3. The first-order chi connectivity index (χ1) is 13.6. The number of benzene rings is 1. The third kappa shape index (κ3) is 1.57. The average molecular weight is 378 g/mol. The number of methoxy groups -OCH3 is 2. The Labute approximate surface area is 163 Å². The van der Waals surface area contributed by atoms with Crippen molar-refractivity contribution in [2.45, 2.75) is 30.5 Å². The van der Waals surface area contributed by atoms with Crippen molar-refractivity contribution >= 4 is 18.0 Å². The van der Waals surface area contributed by atoms with E-state index in [9.17, 15) is 9.59 Å². The molecule has 6 rings (SSSR count). The summed E-state index contributed by atoms with van der Waals surface area (Å²) in [5.74, 6) is -0.401. The molecule has 6 unspecified atom stereocenters. The van der Waals surface area contributed by atoms with Crippen LogP contribution in [0.3, 0.4) is 0 Å². The largest absolute Gasteiger partial charge is 0.466 e. The zero-order valence-electron chi connectivity index (χ0n) is 15.9. The predicted octanol–water partition coefficient (Wildman–Crippen LogP) is 2.91. The molecule has 1 aromatic carbocycles. The Kier molecular flexibility index (Phi) is 3.04. The number of carbonyl (C=O) groups excluding carboxylic acids is 2. The molecule has 1 saturated heterocycles. The predicted molar refractivity (Wildman–Crippen MR) is 99.8 cm³/mol. The normalized spacial score (nSPS) is 41.0. The highest BCUT2D eigenvalue weighted by Gasteiger charge is 2.94. The van der Waals surface area contributed by atoms with Crippen molar-refractivity contribution in [2.24, 2.45) is 23.7 Å². The number of hydrogen-bond donors (Lipinski definition) is 0. The van der Waals surface area contributed by atoms with Crippen LogP contribution < -0.4 is 0 Å². The number of fused-ring (bicyclic) bond motifs is 4. The van der Waals surface area contributed by atoms with Crippen molar-refractivity contribution in [3.05, 3.63) is 52.6 Å². The van der Waals surface area contributed by atoms with E-state index in [1.165, 1.54) is 14.2 Å². The maximum atomic E-state index is 12.8. The van der Waals surface area contributed by atoms with Crippen molar-refractivity contribution in [3.63, 3.8) is 0 Å². The van der Waals surface area contributed by atoms with Gasteiger partial charge in [-0.2, -0.15) is 0 Å². The smallest absolute Gasteiger partial charge is 0.335 e. The standard InChI is InChI=1S/C23H22O5/c1-26-20(24)16-17(21(25)27-2)19-15(10-12-6-4-3-5-7-12)18(16)22-13-8-9-14(11-13)23(19,22)28-22/h3-7,10,13-14,18-19H,8-9,11H2,1-2H3. The second kappa shape index (κ2) is 5.15. The summed E-state index contributed by atoms with van der Waals surface area (Å²) in [5, 5.41) is 0. The van der Waals surface area contributed by atoms with E-state index in [1.54, 1.807) is 0 Å². The van der Waals surface area contributed by atoms with Gasteiger partial charge in [-0.3, -0.25) is 0 Å². The van der Waals surface area contributed by atoms with Gasteiger partial charge in [0.15, 0.2) is 0 Å². The summed E-state index contributed by atoms with van der Waals surface area (Å²) in [6, 6.07) is 10.1. The van der Waals surface area contributed by atoms with Crippen molar-refractivity contribution in [1.82, 2.24) is 0 Å². The van der Waals surface area contributed by atoms with Crippen LogP contribution in [0, 0.1) is 23.7 Å². The number of hydrogen-bond acceptors (Lipinski definition) is 5. The molecule has 0 radical (unpaired) electrons. The molecule has 4 fully saturated rings. The SMILES string of the molecule is COC(=O)C1=C(C(=O)OC)C2C(=Cc3ccccc3)C1C13OC21C1CCC3C1. The van der Waals surface area contributed by atoms with Crippen LogP contribution in [0.1, 0.15) is 24.8 Å². The fraction of sp³-hybridized carbons (Fsp3) is 0.478. The molecule has 5 nitrogen and oxygen atoms in total. The van der Waals surface area contributed by atoms with Crippen molar-refractivity contribution in [2.75, 3.05) is 14.2 Å². The number of esters is 2. The van der Waals surface area contributed by atoms with Gasteiger partial charge in [0.1, 0.15) is 11.2 Å². The molecular weight excluding hydrogens is 356 g/mol. The molecule has 144 valence electrons. The Morgan fingerprint density at radius 1 is 0.964 bits per heavy atom. The van der Waals surface area contributed by atoms with E-state index in [1.807, 2.05) is 30.3 Å². The van der Waals surface area contributed by atoms with Crippen LogP contribution in [0.25, 0.3) is 6.08 Å². The number of rotatable bonds is 3. The Bertz CT molecular complexity index is 922. The van der Waals surface area contributed by atoms with Crippen LogP contribution in [0.5, 0.6) is 0 Å². The fourth-order valence-electron chi connectivity index (χ4n) is 7.18. The highest BCUT2D eigenvalue weighted by molar-refractivity contribution is 6.06. The van der Waals surface area contributed by atoms with Gasteiger partial charge >= 0.3 is 11.9 Å². The van der Waals surface area contributed by atoms with Gasteiger partial charge < -0.3 is 14.2 Å². The molecule has 0 spiro atoms. The second-order valence-corrected chi connectivity index (χ2v) is 8.63. The molecule has 1 heterocycles. The highest BCUT2D eigenvalue weighted by Crippen LogP contribution is 2.86. The maximum absolute atomic E-state index is 12.8. The van der Waals surface area contributed by atoms with Crippen LogP contribution in [-0.4, -0.2) is 37.4 Å². The van der Waals surface area contributed by atoms with E-state index in [2.05, 4.69) is 6.08 Å².